The Morgan fingerprint density at radius 1 is 1.45 bits per heavy atom. The third kappa shape index (κ3) is 2.48. The normalized spacial score (nSPS) is 35.2. The van der Waals surface area contributed by atoms with E-state index in [2.05, 4.69) is 6.92 Å². The molecule has 1 saturated carbocycles. The van der Waals surface area contributed by atoms with E-state index in [1.54, 1.807) is 0 Å². The Balaban J connectivity index is 2.33. The highest BCUT2D eigenvalue weighted by atomic mass is 16.3. The Labute approximate surface area is 69.8 Å². The number of hydrogen-bond donors (Lipinski definition) is 1. The summed E-state index contributed by atoms with van der Waals surface area (Å²) in [6.45, 7) is 4.19. The van der Waals surface area contributed by atoms with Gasteiger partial charge in [-0.15, -0.1) is 0 Å². The smallest absolute Gasteiger partial charge is 0.0540 e. The molecule has 0 radical (unpaired) electrons. The van der Waals surface area contributed by atoms with Gasteiger partial charge in [0, 0.05) is 0 Å². The molecule has 0 bridgehead atoms. The Hall–Kier alpha value is -0.0400. The maximum absolute atomic E-state index is 9.39. The van der Waals surface area contributed by atoms with Crippen LogP contribution in [0.15, 0.2) is 0 Å². The third-order valence-corrected chi connectivity index (χ3v) is 3.08. The minimum absolute atomic E-state index is 0.0793. The molecule has 0 spiro atoms. The van der Waals surface area contributed by atoms with Crippen LogP contribution in [0.1, 0.15) is 46.0 Å². The fraction of sp³-hybridized carbons (Fsp3) is 1.00. The van der Waals surface area contributed by atoms with Crippen LogP contribution in [0.2, 0.25) is 0 Å². The van der Waals surface area contributed by atoms with E-state index in [0.717, 1.165) is 5.92 Å². The number of aliphatic hydroxyl groups excluding tert-OH is 1. The molecule has 0 aromatic carbocycles. The van der Waals surface area contributed by atoms with Crippen LogP contribution in [0.3, 0.4) is 0 Å². The van der Waals surface area contributed by atoms with Crippen LogP contribution in [0.4, 0.5) is 0 Å². The molecule has 11 heavy (non-hydrogen) atoms. The first kappa shape index (κ1) is 9.05. The molecule has 1 nitrogen and oxygen atoms in total. The Morgan fingerprint density at radius 3 is 2.73 bits per heavy atom. The van der Waals surface area contributed by atoms with Gasteiger partial charge in [-0.05, 0) is 31.6 Å². The van der Waals surface area contributed by atoms with Crippen molar-refractivity contribution in [3.63, 3.8) is 0 Å². The molecule has 0 aromatic heterocycles. The lowest BCUT2D eigenvalue weighted by molar-refractivity contribution is 0.0826. The highest BCUT2D eigenvalue weighted by Crippen LogP contribution is 2.32. The maximum atomic E-state index is 9.39. The minimum Gasteiger partial charge on any atom is -0.393 e. The van der Waals surface area contributed by atoms with Crippen molar-refractivity contribution in [2.45, 2.75) is 52.1 Å². The van der Waals surface area contributed by atoms with Gasteiger partial charge in [0.2, 0.25) is 0 Å². The summed E-state index contributed by atoms with van der Waals surface area (Å²) in [4.78, 5) is 0. The first-order chi connectivity index (χ1) is 5.24. The second-order valence-corrected chi connectivity index (χ2v) is 3.94. The van der Waals surface area contributed by atoms with Crippen LogP contribution in [-0.2, 0) is 0 Å². The lowest BCUT2D eigenvalue weighted by Gasteiger charge is -2.30. The van der Waals surface area contributed by atoms with Gasteiger partial charge >= 0.3 is 0 Å². The quantitative estimate of drug-likeness (QED) is 0.651. The Bertz CT molecular complexity index is 109. The summed E-state index contributed by atoms with van der Waals surface area (Å²) in [6.07, 6.45) is 6.43. The predicted molar refractivity (Wildman–Crippen MR) is 47.4 cm³/mol. The van der Waals surface area contributed by atoms with Crippen LogP contribution >= 0.6 is 0 Å². The number of hydrogen-bond acceptors (Lipinski definition) is 1. The van der Waals surface area contributed by atoms with Gasteiger partial charge < -0.3 is 5.11 Å². The topological polar surface area (TPSA) is 20.2 Å². The average Bonchev–Trinajstić information content (AvgIpc) is 2.05. The van der Waals surface area contributed by atoms with Crippen LogP contribution in [0, 0.1) is 11.8 Å². The van der Waals surface area contributed by atoms with Crippen LogP contribution in [-0.4, -0.2) is 11.2 Å². The van der Waals surface area contributed by atoms with Crippen molar-refractivity contribution in [1.29, 1.82) is 0 Å². The van der Waals surface area contributed by atoms with Gasteiger partial charge in [0.1, 0.15) is 0 Å². The molecule has 2 unspecified atom stereocenters. The van der Waals surface area contributed by atoms with E-state index < -0.39 is 0 Å². The monoisotopic (exact) mass is 156 g/mol. The largest absolute Gasteiger partial charge is 0.393 e. The van der Waals surface area contributed by atoms with Crippen LogP contribution < -0.4 is 0 Å². The molecule has 1 heteroatoms. The summed E-state index contributed by atoms with van der Waals surface area (Å²) >= 11 is 0. The summed E-state index contributed by atoms with van der Waals surface area (Å²) in [6, 6.07) is 0. The molecule has 1 N–H and O–H groups in total. The van der Waals surface area contributed by atoms with Crippen LogP contribution in [0.5, 0.6) is 0 Å². The van der Waals surface area contributed by atoms with Gasteiger partial charge in [-0.25, -0.2) is 0 Å². The van der Waals surface area contributed by atoms with E-state index in [9.17, 15) is 5.11 Å². The molecule has 1 aliphatic rings. The molecule has 1 fully saturated rings. The van der Waals surface area contributed by atoms with Crippen molar-refractivity contribution >= 4 is 0 Å². The van der Waals surface area contributed by atoms with Gasteiger partial charge in [-0.3, -0.25) is 0 Å². The molecule has 0 aliphatic heterocycles. The van der Waals surface area contributed by atoms with Crippen LogP contribution in [0.25, 0.3) is 0 Å². The SMILES string of the molecule is CCC1CCCC([C@H](C)O)C1. The number of rotatable bonds is 2. The molecular formula is C10H20O. The predicted octanol–water partition coefficient (Wildman–Crippen LogP) is 2.58. The lowest BCUT2D eigenvalue weighted by Crippen LogP contribution is -2.24. The molecule has 0 heterocycles. The Kier molecular flexibility index (Phi) is 3.38. The molecule has 1 aliphatic carbocycles. The second-order valence-electron chi connectivity index (χ2n) is 3.94. The van der Waals surface area contributed by atoms with Gasteiger partial charge in [0.05, 0.1) is 6.10 Å². The summed E-state index contributed by atoms with van der Waals surface area (Å²) in [5.74, 6) is 1.48. The Morgan fingerprint density at radius 2 is 2.18 bits per heavy atom. The van der Waals surface area contributed by atoms with Crippen molar-refractivity contribution in [2.75, 3.05) is 0 Å². The summed E-state index contributed by atoms with van der Waals surface area (Å²) < 4.78 is 0. The molecule has 0 aromatic rings. The summed E-state index contributed by atoms with van der Waals surface area (Å²) in [7, 11) is 0. The molecule has 0 saturated heterocycles. The highest BCUT2D eigenvalue weighted by molar-refractivity contribution is 4.75. The molecule has 1 rings (SSSR count). The second kappa shape index (κ2) is 4.10. The first-order valence-electron chi connectivity index (χ1n) is 4.92. The van der Waals surface area contributed by atoms with Gasteiger partial charge in [-0.1, -0.05) is 26.2 Å². The standard InChI is InChI=1S/C10H20O/c1-3-9-5-4-6-10(7-9)8(2)11/h8-11H,3-7H2,1-2H3/t8-,9?,10?/m0/s1. The average molecular weight is 156 g/mol. The van der Waals surface area contributed by atoms with E-state index in [-0.39, 0.29) is 6.10 Å². The minimum atomic E-state index is -0.0793. The molecule has 66 valence electrons. The van der Waals surface area contributed by atoms with Crippen molar-refractivity contribution in [3.05, 3.63) is 0 Å². The first-order valence-corrected chi connectivity index (χ1v) is 4.92. The van der Waals surface area contributed by atoms with E-state index in [1.807, 2.05) is 6.92 Å². The molecular weight excluding hydrogens is 136 g/mol. The fourth-order valence-corrected chi connectivity index (χ4v) is 2.14. The fourth-order valence-electron chi connectivity index (χ4n) is 2.14. The van der Waals surface area contributed by atoms with E-state index in [1.165, 1.54) is 32.1 Å². The van der Waals surface area contributed by atoms with Gasteiger partial charge in [-0.2, -0.15) is 0 Å². The molecule has 0 amide bonds. The van der Waals surface area contributed by atoms with Crippen molar-refractivity contribution in [1.82, 2.24) is 0 Å². The third-order valence-electron chi connectivity index (χ3n) is 3.08. The van der Waals surface area contributed by atoms with E-state index >= 15 is 0 Å². The zero-order chi connectivity index (χ0) is 8.27. The zero-order valence-electron chi connectivity index (χ0n) is 7.71. The number of aliphatic hydroxyl groups is 1. The molecule has 3 atom stereocenters. The van der Waals surface area contributed by atoms with Crippen molar-refractivity contribution in [2.24, 2.45) is 11.8 Å². The van der Waals surface area contributed by atoms with Crippen molar-refractivity contribution < 1.29 is 5.11 Å². The van der Waals surface area contributed by atoms with E-state index in [4.69, 9.17) is 0 Å². The van der Waals surface area contributed by atoms with E-state index in [0.29, 0.717) is 5.92 Å². The summed E-state index contributed by atoms with van der Waals surface area (Å²) in [5, 5.41) is 9.39. The lowest BCUT2D eigenvalue weighted by atomic mass is 9.78. The summed E-state index contributed by atoms with van der Waals surface area (Å²) in [5.41, 5.74) is 0. The van der Waals surface area contributed by atoms with Gasteiger partial charge in [0.25, 0.3) is 0 Å². The highest BCUT2D eigenvalue weighted by Gasteiger charge is 2.23. The maximum Gasteiger partial charge on any atom is 0.0540 e. The van der Waals surface area contributed by atoms with Gasteiger partial charge in [0.15, 0.2) is 0 Å². The van der Waals surface area contributed by atoms with Crippen molar-refractivity contribution in [3.8, 4) is 0 Å². The zero-order valence-corrected chi connectivity index (χ0v) is 7.71.